The minimum atomic E-state index is -0.412. The molecule has 2 atom stereocenters. The monoisotopic (exact) mass is 297 g/mol. The zero-order valence-electron chi connectivity index (χ0n) is 13.5. The van der Waals surface area contributed by atoms with Crippen LogP contribution in [0, 0.1) is 17.6 Å². The second kappa shape index (κ2) is 5.65. The number of benzene rings is 1. The second-order valence-corrected chi connectivity index (χ2v) is 6.98. The first kappa shape index (κ1) is 16.4. The SMILES string of the molecule is CCNC(c1cc(F)ccc1F)C1CC(C)(C)OC1(C)C. The molecule has 0 aliphatic carbocycles. The van der Waals surface area contributed by atoms with Gasteiger partial charge in [0.25, 0.3) is 0 Å². The van der Waals surface area contributed by atoms with Gasteiger partial charge in [-0.05, 0) is 58.9 Å². The van der Waals surface area contributed by atoms with Gasteiger partial charge in [-0.1, -0.05) is 6.92 Å². The number of halogens is 2. The van der Waals surface area contributed by atoms with Crippen molar-refractivity contribution in [3.05, 3.63) is 35.4 Å². The maximum atomic E-state index is 14.2. The molecule has 2 unspecified atom stereocenters. The minimum Gasteiger partial charge on any atom is -0.369 e. The summed E-state index contributed by atoms with van der Waals surface area (Å²) < 4.78 is 33.9. The van der Waals surface area contributed by atoms with Crippen molar-refractivity contribution in [3.8, 4) is 0 Å². The Morgan fingerprint density at radius 1 is 1.29 bits per heavy atom. The maximum Gasteiger partial charge on any atom is 0.128 e. The average molecular weight is 297 g/mol. The van der Waals surface area contributed by atoms with E-state index in [1.807, 2.05) is 34.6 Å². The van der Waals surface area contributed by atoms with E-state index in [-0.39, 0.29) is 23.4 Å². The summed E-state index contributed by atoms with van der Waals surface area (Å²) in [5.41, 5.74) is -0.267. The fourth-order valence-electron chi connectivity index (χ4n) is 3.57. The van der Waals surface area contributed by atoms with Crippen molar-refractivity contribution in [2.45, 2.75) is 58.3 Å². The molecule has 118 valence electrons. The molecule has 1 fully saturated rings. The topological polar surface area (TPSA) is 21.3 Å². The highest BCUT2D eigenvalue weighted by atomic mass is 19.1. The lowest BCUT2D eigenvalue weighted by Gasteiger charge is -2.34. The number of hydrogen-bond donors (Lipinski definition) is 1. The Morgan fingerprint density at radius 2 is 1.95 bits per heavy atom. The van der Waals surface area contributed by atoms with Crippen molar-refractivity contribution in [2.24, 2.45) is 5.92 Å². The average Bonchev–Trinajstić information content (AvgIpc) is 2.57. The quantitative estimate of drug-likeness (QED) is 0.899. The van der Waals surface area contributed by atoms with Gasteiger partial charge < -0.3 is 10.1 Å². The van der Waals surface area contributed by atoms with E-state index in [1.54, 1.807) is 0 Å². The highest BCUT2D eigenvalue weighted by Gasteiger charge is 2.49. The lowest BCUT2D eigenvalue weighted by Crippen LogP contribution is -2.39. The van der Waals surface area contributed by atoms with Gasteiger partial charge in [0.05, 0.1) is 11.2 Å². The van der Waals surface area contributed by atoms with Crippen LogP contribution in [-0.4, -0.2) is 17.7 Å². The smallest absolute Gasteiger partial charge is 0.128 e. The molecular formula is C17H25F2NO. The molecule has 1 heterocycles. The zero-order valence-corrected chi connectivity index (χ0v) is 13.5. The van der Waals surface area contributed by atoms with Crippen LogP contribution in [0.1, 0.15) is 52.6 Å². The first-order chi connectivity index (χ1) is 9.66. The number of rotatable bonds is 4. The van der Waals surface area contributed by atoms with Crippen LogP contribution in [-0.2, 0) is 4.74 Å². The van der Waals surface area contributed by atoms with Crippen LogP contribution in [0.15, 0.2) is 18.2 Å². The van der Waals surface area contributed by atoms with Crippen LogP contribution >= 0.6 is 0 Å². The standard InChI is InChI=1S/C17H25F2NO/c1-6-20-15(12-9-11(18)7-8-14(12)19)13-10-16(2,3)21-17(13,4)5/h7-9,13,15,20H,6,10H2,1-5H3. The molecule has 0 amide bonds. The fourth-order valence-corrected chi connectivity index (χ4v) is 3.57. The molecule has 1 aromatic rings. The van der Waals surface area contributed by atoms with E-state index in [0.29, 0.717) is 12.1 Å². The molecule has 0 saturated carbocycles. The predicted molar refractivity (Wildman–Crippen MR) is 80.1 cm³/mol. The Kier molecular flexibility index (Phi) is 4.41. The Bertz CT molecular complexity index is 514. The van der Waals surface area contributed by atoms with E-state index in [2.05, 4.69) is 5.32 Å². The molecule has 0 aromatic heterocycles. The Hall–Kier alpha value is -1.00. The van der Waals surface area contributed by atoms with Crippen LogP contribution in [0.2, 0.25) is 0 Å². The van der Waals surface area contributed by atoms with Gasteiger partial charge in [0, 0.05) is 17.5 Å². The summed E-state index contributed by atoms with van der Waals surface area (Å²) in [6.07, 6.45) is 0.799. The Balaban J connectivity index is 2.42. The first-order valence-electron chi connectivity index (χ1n) is 7.55. The van der Waals surface area contributed by atoms with Crippen LogP contribution in [0.3, 0.4) is 0 Å². The van der Waals surface area contributed by atoms with Crippen molar-refractivity contribution in [3.63, 3.8) is 0 Å². The summed E-state index contributed by atoms with van der Waals surface area (Å²) >= 11 is 0. The van der Waals surface area contributed by atoms with Gasteiger partial charge in [-0.15, -0.1) is 0 Å². The molecule has 1 aliphatic heterocycles. The van der Waals surface area contributed by atoms with Crippen LogP contribution in [0.5, 0.6) is 0 Å². The maximum absolute atomic E-state index is 14.2. The van der Waals surface area contributed by atoms with Gasteiger partial charge in [-0.25, -0.2) is 8.78 Å². The summed E-state index contributed by atoms with van der Waals surface area (Å²) in [5, 5.41) is 3.32. The summed E-state index contributed by atoms with van der Waals surface area (Å²) in [6, 6.07) is 3.39. The molecular weight excluding hydrogens is 272 g/mol. The van der Waals surface area contributed by atoms with E-state index in [4.69, 9.17) is 4.74 Å². The van der Waals surface area contributed by atoms with E-state index < -0.39 is 11.4 Å². The summed E-state index contributed by atoms with van der Waals surface area (Å²) in [4.78, 5) is 0. The van der Waals surface area contributed by atoms with Crippen LogP contribution < -0.4 is 5.32 Å². The van der Waals surface area contributed by atoms with Crippen molar-refractivity contribution >= 4 is 0 Å². The van der Waals surface area contributed by atoms with E-state index in [1.165, 1.54) is 12.1 Å². The molecule has 21 heavy (non-hydrogen) atoms. The van der Waals surface area contributed by atoms with Crippen LogP contribution in [0.4, 0.5) is 8.78 Å². The first-order valence-corrected chi connectivity index (χ1v) is 7.55. The number of nitrogens with one attached hydrogen (secondary N) is 1. The fraction of sp³-hybridized carbons (Fsp3) is 0.647. The molecule has 0 spiro atoms. The molecule has 1 N–H and O–H groups in total. The number of hydrogen-bond acceptors (Lipinski definition) is 2. The summed E-state index contributed by atoms with van der Waals surface area (Å²) in [5.74, 6) is -0.711. The van der Waals surface area contributed by atoms with E-state index in [0.717, 1.165) is 12.5 Å². The normalized spacial score (nSPS) is 25.0. The van der Waals surface area contributed by atoms with Gasteiger partial charge >= 0.3 is 0 Å². The largest absolute Gasteiger partial charge is 0.369 e. The molecule has 2 nitrogen and oxygen atoms in total. The highest BCUT2D eigenvalue weighted by Crippen LogP contribution is 2.48. The zero-order chi connectivity index (χ0) is 15.8. The van der Waals surface area contributed by atoms with E-state index >= 15 is 0 Å². The minimum absolute atomic E-state index is 0.0729. The Labute approximate surface area is 125 Å². The molecule has 1 saturated heterocycles. The summed E-state index contributed by atoms with van der Waals surface area (Å²) in [6.45, 7) is 10.8. The second-order valence-electron chi connectivity index (χ2n) is 6.98. The molecule has 1 aliphatic rings. The molecule has 4 heteroatoms. The van der Waals surface area contributed by atoms with Gasteiger partial charge in [0.15, 0.2) is 0 Å². The van der Waals surface area contributed by atoms with Gasteiger partial charge in [0.2, 0.25) is 0 Å². The molecule has 1 aromatic carbocycles. The molecule has 2 rings (SSSR count). The Morgan fingerprint density at radius 3 is 2.48 bits per heavy atom. The molecule has 0 bridgehead atoms. The van der Waals surface area contributed by atoms with Crippen molar-refractivity contribution in [1.82, 2.24) is 5.32 Å². The van der Waals surface area contributed by atoms with Crippen LogP contribution in [0.25, 0.3) is 0 Å². The van der Waals surface area contributed by atoms with Crippen molar-refractivity contribution in [1.29, 1.82) is 0 Å². The third kappa shape index (κ3) is 3.43. The van der Waals surface area contributed by atoms with Gasteiger partial charge in [0.1, 0.15) is 11.6 Å². The van der Waals surface area contributed by atoms with Gasteiger partial charge in [-0.2, -0.15) is 0 Å². The lowest BCUT2D eigenvalue weighted by molar-refractivity contribution is -0.0779. The highest BCUT2D eigenvalue weighted by molar-refractivity contribution is 5.24. The third-order valence-electron chi connectivity index (χ3n) is 4.26. The molecule has 0 radical (unpaired) electrons. The van der Waals surface area contributed by atoms with E-state index in [9.17, 15) is 8.78 Å². The van der Waals surface area contributed by atoms with Crippen molar-refractivity contribution in [2.75, 3.05) is 6.54 Å². The summed E-state index contributed by atoms with van der Waals surface area (Å²) in [7, 11) is 0. The van der Waals surface area contributed by atoms with Crippen molar-refractivity contribution < 1.29 is 13.5 Å². The third-order valence-corrected chi connectivity index (χ3v) is 4.26. The van der Waals surface area contributed by atoms with Gasteiger partial charge in [-0.3, -0.25) is 0 Å². The predicted octanol–water partition coefficient (Wildman–Crippen LogP) is 4.21. The lowest BCUT2D eigenvalue weighted by atomic mass is 9.78. The number of ether oxygens (including phenoxy) is 1.